The number of hydrogen-bond donors (Lipinski definition) is 1. The number of amides is 1. The summed E-state index contributed by atoms with van der Waals surface area (Å²) >= 11 is 6.40. The first-order valence-corrected chi connectivity index (χ1v) is 11.6. The largest absolute Gasteiger partial charge is 0.465 e. The smallest absolute Gasteiger partial charge is 0.407 e. The number of hydrogen-bond acceptors (Lipinski definition) is 5. The average molecular weight is 452 g/mol. The van der Waals surface area contributed by atoms with Crippen molar-refractivity contribution in [2.24, 2.45) is 0 Å². The summed E-state index contributed by atoms with van der Waals surface area (Å²) in [6.07, 6.45) is 5.42. The van der Waals surface area contributed by atoms with E-state index in [9.17, 15) is 15.2 Å². The van der Waals surface area contributed by atoms with Crippen LogP contribution < -0.4 is 4.90 Å². The zero-order valence-electron chi connectivity index (χ0n) is 17.9. The highest BCUT2D eigenvalue weighted by atomic mass is 35.5. The summed E-state index contributed by atoms with van der Waals surface area (Å²) < 4.78 is 0. The van der Waals surface area contributed by atoms with Crippen LogP contribution in [0, 0.1) is 11.3 Å². The molecule has 2 aliphatic carbocycles. The van der Waals surface area contributed by atoms with Crippen LogP contribution in [0.3, 0.4) is 0 Å². The molecular weight excluding hydrogens is 426 g/mol. The third-order valence-electron chi connectivity index (χ3n) is 7.45. The summed E-state index contributed by atoms with van der Waals surface area (Å²) in [5.74, 6) is 0.812. The molecule has 1 unspecified atom stereocenters. The highest BCUT2D eigenvalue weighted by Gasteiger charge is 2.42. The van der Waals surface area contributed by atoms with E-state index >= 15 is 0 Å². The van der Waals surface area contributed by atoms with Crippen LogP contribution in [0.25, 0.3) is 0 Å². The maximum Gasteiger partial charge on any atom is 0.407 e. The Morgan fingerprint density at radius 1 is 1.25 bits per heavy atom. The summed E-state index contributed by atoms with van der Waals surface area (Å²) in [4.78, 5) is 24.3. The van der Waals surface area contributed by atoms with Crippen LogP contribution in [0.15, 0.2) is 24.3 Å². The third-order valence-corrected chi connectivity index (χ3v) is 7.62. The van der Waals surface area contributed by atoms with E-state index in [1.165, 1.54) is 22.4 Å². The first-order chi connectivity index (χ1) is 15.5. The van der Waals surface area contributed by atoms with Crippen LogP contribution in [-0.4, -0.2) is 51.7 Å². The Balaban J connectivity index is 1.48. The summed E-state index contributed by atoms with van der Waals surface area (Å²) in [6.45, 7) is 1.31. The number of piperazine rings is 1. The fraction of sp³-hybridized carbons (Fsp3) is 0.500. The molecule has 1 aromatic heterocycles. The molecule has 1 N–H and O–H groups in total. The molecule has 8 heteroatoms. The van der Waals surface area contributed by atoms with E-state index in [0.29, 0.717) is 19.6 Å². The SMILES string of the molecule is N#CC[C@H]1CN(c2nc(Cl)nc3c2CCC2(CCCc4ccccc42)C3)CCN1C(=O)O. The van der Waals surface area contributed by atoms with E-state index in [2.05, 4.69) is 45.2 Å². The lowest BCUT2D eigenvalue weighted by atomic mass is 9.62. The molecule has 1 amide bonds. The van der Waals surface area contributed by atoms with Crippen LogP contribution in [0.2, 0.25) is 5.28 Å². The first kappa shape index (κ1) is 21.0. The van der Waals surface area contributed by atoms with Gasteiger partial charge >= 0.3 is 6.09 Å². The van der Waals surface area contributed by atoms with E-state index in [0.717, 1.165) is 49.2 Å². The maximum atomic E-state index is 11.6. The van der Waals surface area contributed by atoms with Gasteiger partial charge in [0.1, 0.15) is 5.82 Å². The highest BCUT2D eigenvalue weighted by Crippen LogP contribution is 2.47. The second-order valence-corrected chi connectivity index (χ2v) is 9.49. The van der Waals surface area contributed by atoms with Crippen molar-refractivity contribution in [3.8, 4) is 6.07 Å². The molecule has 1 aliphatic heterocycles. The van der Waals surface area contributed by atoms with Crippen molar-refractivity contribution in [3.05, 3.63) is 51.9 Å². The lowest BCUT2D eigenvalue weighted by Gasteiger charge is -2.44. The van der Waals surface area contributed by atoms with Crippen molar-refractivity contribution in [3.63, 3.8) is 0 Å². The van der Waals surface area contributed by atoms with Gasteiger partial charge in [0, 0.05) is 30.6 Å². The molecule has 166 valence electrons. The number of rotatable bonds is 2. The predicted molar refractivity (Wildman–Crippen MR) is 121 cm³/mol. The summed E-state index contributed by atoms with van der Waals surface area (Å²) in [7, 11) is 0. The van der Waals surface area contributed by atoms with E-state index in [4.69, 9.17) is 11.6 Å². The number of aromatic nitrogens is 2. The quantitative estimate of drug-likeness (QED) is 0.694. The number of aryl methyl sites for hydroxylation is 1. The third kappa shape index (κ3) is 3.57. The van der Waals surface area contributed by atoms with Crippen molar-refractivity contribution < 1.29 is 9.90 Å². The molecule has 7 nitrogen and oxygen atoms in total. The minimum absolute atomic E-state index is 0.0993. The Bertz CT molecular complexity index is 1100. The van der Waals surface area contributed by atoms with Gasteiger partial charge in [0.25, 0.3) is 0 Å². The van der Waals surface area contributed by atoms with Gasteiger partial charge in [0.05, 0.1) is 24.2 Å². The van der Waals surface area contributed by atoms with Crippen LogP contribution in [-0.2, 0) is 24.7 Å². The Labute approximate surface area is 192 Å². The number of carboxylic acid groups (broad SMARTS) is 1. The molecule has 3 aliphatic rings. The highest BCUT2D eigenvalue weighted by molar-refractivity contribution is 6.28. The molecule has 2 atom stereocenters. The molecule has 5 rings (SSSR count). The second-order valence-electron chi connectivity index (χ2n) is 9.15. The maximum absolute atomic E-state index is 11.6. The average Bonchev–Trinajstić information content (AvgIpc) is 2.79. The molecular formula is C24H26ClN5O2. The lowest BCUT2D eigenvalue weighted by Crippen LogP contribution is -2.55. The van der Waals surface area contributed by atoms with Gasteiger partial charge in [0.2, 0.25) is 5.28 Å². The van der Waals surface area contributed by atoms with Crippen molar-refractivity contribution >= 4 is 23.5 Å². The van der Waals surface area contributed by atoms with Gasteiger partial charge in [-0.1, -0.05) is 24.3 Å². The Hall–Kier alpha value is -2.85. The molecule has 1 saturated heterocycles. The zero-order valence-corrected chi connectivity index (χ0v) is 18.7. The Morgan fingerprint density at radius 2 is 2.09 bits per heavy atom. The molecule has 2 aromatic rings. The van der Waals surface area contributed by atoms with Crippen molar-refractivity contribution in [2.75, 3.05) is 24.5 Å². The number of benzene rings is 1. The Morgan fingerprint density at radius 3 is 2.91 bits per heavy atom. The fourth-order valence-electron chi connectivity index (χ4n) is 5.96. The van der Waals surface area contributed by atoms with Gasteiger partial charge in [-0.25, -0.2) is 14.8 Å². The Kier molecular flexibility index (Phi) is 5.42. The number of carbonyl (C=O) groups is 1. The van der Waals surface area contributed by atoms with Crippen molar-refractivity contribution in [1.29, 1.82) is 5.26 Å². The summed E-state index contributed by atoms with van der Waals surface area (Å²) in [5.41, 5.74) is 5.15. The molecule has 1 spiro atoms. The normalized spacial score (nSPS) is 24.6. The second kappa shape index (κ2) is 8.25. The molecule has 2 heterocycles. The molecule has 1 fully saturated rings. The van der Waals surface area contributed by atoms with Crippen molar-refractivity contribution in [2.45, 2.75) is 56.4 Å². The van der Waals surface area contributed by atoms with E-state index in [-0.39, 0.29) is 23.2 Å². The van der Waals surface area contributed by atoms with Crippen LogP contribution in [0.1, 0.15) is 48.1 Å². The number of nitrogens with zero attached hydrogens (tertiary/aromatic N) is 5. The topological polar surface area (TPSA) is 93.4 Å². The van der Waals surface area contributed by atoms with Gasteiger partial charge in [-0.2, -0.15) is 5.26 Å². The minimum Gasteiger partial charge on any atom is -0.465 e. The zero-order chi connectivity index (χ0) is 22.3. The van der Waals surface area contributed by atoms with Crippen molar-refractivity contribution in [1.82, 2.24) is 14.9 Å². The summed E-state index contributed by atoms with van der Waals surface area (Å²) in [5, 5.41) is 18.9. The predicted octanol–water partition coefficient (Wildman–Crippen LogP) is 3.98. The minimum atomic E-state index is -0.981. The number of fused-ring (bicyclic) bond motifs is 3. The molecule has 0 bridgehead atoms. The molecule has 1 aromatic carbocycles. The van der Waals surface area contributed by atoms with Gasteiger partial charge in [0.15, 0.2) is 0 Å². The van der Waals surface area contributed by atoms with Gasteiger partial charge in [-0.3, -0.25) is 0 Å². The number of halogens is 1. The van der Waals surface area contributed by atoms with E-state index < -0.39 is 6.09 Å². The molecule has 32 heavy (non-hydrogen) atoms. The number of anilines is 1. The molecule has 0 radical (unpaired) electrons. The summed E-state index contributed by atoms with van der Waals surface area (Å²) in [6, 6.07) is 10.5. The van der Waals surface area contributed by atoms with Crippen LogP contribution in [0.5, 0.6) is 0 Å². The number of nitriles is 1. The standard InChI is InChI=1S/C24H26ClN5O2/c25-22-27-20-14-24(9-3-5-16-4-1-2-6-19(16)24)10-7-18(20)21(28-22)29-12-13-30(23(31)32)17(15-29)8-11-26/h1-2,4,6,17H,3,5,7-10,12-15H2,(H,31,32)/t17-,24?/m0/s1. The van der Waals surface area contributed by atoms with E-state index in [1.54, 1.807) is 0 Å². The lowest BCUT2D eigenvalue weighted by molar-refractivity contribution is 0.119. The first-order valence-electron chi connectivity index (χ1n) is 11.3. The van der Waals surface area contributed by atoms with E-state index in [1.807, 2.05) is 0 Å². The van der Waals surface area contributed by atoms with Crippen LogP contribution in [0.4, 0.5) is 10.6 Å². The van der Waals surface area contributed by atoms with Crippen LogP contribution >= 0.6 is 11.6 Å². The monoisotopic (exact) mass is 451 g/mol. The van der Waals surface area contributed by atoms with Gasteiger partial charge in [-0.15, -0.1) is 0 Å². The molecule has 0 saturated carbocycles. The van der Waals surface area contributed by atoms with Gasteiger partial charge < -0.3 is 14.9 Å². The van der Waals surface area contributed by atoms with Gasteiger partial charge in [-0.05, 0) is 61.3 Å². The fourth-order valence-corrected chi connectivity index (χ4v) is 6.14.